The summed E-state index contributed by atoms with van der Waals surface area (Å²) in [4.78, 5) is 24.5. The molecule has 0 aliphatic carbocycles. The average molecular weight is 397 g/mol. The fraction of sp³-hybridized carbons (Fsp3) is 0.500. The fourth-order valence-corrected chi connectivity index (χ4v) is 4.52. The lowest BCUT2D eigenvalue weighted by molar-refractivity contribution is -0.385. The lowest BCUT2D eigenvalue weighted by atomic mass is 10.3. The maximum atomic E-state index is 12.8. The van der Waals surface area contributed by atoms with E-state index in [1.54, 1.807) is 14.0 Å². The van der Waals surface area contributed by atoms with Crippen molar-refractivity contribution in [1.29, 1.82) is 0 Å². The first-order valence-corrected chi connectivity index (χ1v) is 9.53. The third-order valence-electron chi connectivity index (χ3n) is 4.54. The van der Waals surface area contributed by atoms with E-state index >= 15 is 0 Å². The summed E-state index contributed by atoms with van der Waals surface area (Å²) < 4.78 is 29.5. The summed E-state index contributed by atoms with van der Waals surface area (Å²) in [5, 5.41) is 18.9. The first kappa shape index (κ1) is 19.0. The number of amides is 1. The standard InChI is InChI=1S/C14H19N7O5S/c1-10-12(8-15-18(10)3)27(25,26)20-6-4-19(5-7-20)14(22)13-11(21(23)24)9-17(2)16-13/h8-9H,4-7H2,1-3H3. The second-order valence-electron chi connectivity index (χ2n) is 6.21. The number of sulfonamides is 1. The molecule has 1 aliphatic heterocycles. The Hall–Kier alpha value is -2.80. The number of aromatic nitrogens is 4. The number of hydrogen-bond donors (Lipinski definition) is 0. The molecule has 1 aliphatic rings. The molecule has 2 aromatic heterocycles. The van der Waals surface area contributed by atoms with Gasteiger partial charge in [-0.2, -0.15) is 14.5 Å². The monoisotopic (exact) mass is 397 g/mol. The lowest BCUT2D eigenvalue weighted by Gasteiger charge is -2.33. The minimum Gasteiger partial charge on any atom is -0.334 e. The van der Waals surface area contributed by atoms with Crippen molar-refractivity contribution in [1.82, 2.24) is 28.8 Å². The molecule has 2 aromatic rings. The highest BCUT2D eigenvalue weighted by atomic mass is 32.2. The van der Waals surface area contributed by atoms with Gasteiger partial charge in [0.2, 0.25) is 15.7 Å². The van der Waals surface area contributed by atoms with E-state index in [9.17, 15) is 23.3 Å². The molecule has 0 saturated carbocycles. The molecule has 0 unspecified atom stereocenters. The van der Waals surface area contributed by atoms with Gasteiger partial charge in [-0.25, -0.2) is 8.42 Å². The van der Waals surface area contributed by atoms with Crippen LogP contribution in [0.25, 0.3) is 0 Å². The van der Waals surface area contributed by atoms with Gasteiger partial charge in [-0.1, -0.05) is 0 Å². The summed E-state index contributed by atoms with van der Waals surface area (Å²) in [6.45, 7) is 2.07. The molecule has 0 bridgehead atoms. The summed E-state index contributed by atoms with van der Waals surface area (Å²) >= 11 is 0. The zero-order valence-corrected chi connectivity index (χ0v) is 15.9. The number of carbonyl (C=O) groups excluding carboxylic acids is 1. The molecule has 3 heterocycles. The maximum Gasteiger partial charge on any atom is 0.320 e. The molecule has 1 fully saturated rings. The van der Waals surface area contributed by atoms with Gasteiger partial charge in [0.1, 0.15) is 11.1 Å². The Labute approximate surface area is 155 Å². The van der Waals surface area contributed by atoms with E-state index in [0.717, 1.165) is 0 Å². The van der Waals surface area contributed by atoms with Gasteiger partial charge >= 0.3 is 5.69 Å². The Kier molecular flexibility index (Phi) is 4.73. The van der Waals surface area contributed by atoms with Crippen molar-refractivity contribution in [3.8, 4) is 0 Å². The Morgan fingerprint density at radius 1 is 1.22 bits per heavy atom. The van der Waals surface area contributed by atoms with Crippen molar-refractivity contribution in [2.45, 2.75) is 11.8 Å². The van der Waals surface area contributed by atoms with Crippen LogP contribution < -0.4 is 0 Å². The van der Waals surface area contributed by atoms with E-state index < -0.39 is 20.9 Å². The SMILES string of the molecule is Cc1c(S(=O)(=O)N2CCN(C(=O)c3nn(C)cc3[N+](=O)[O-])CC2)cnn1C. The summed E-state index contributed by atoms with van der Waals surface area (Å²) in [5.74, 6) is -0.586. The molecule has 0 aromatic carbocycles. The largest absolute Gasteiger partial charge is 0.334 e. The molecule has 146 valence electrons. The number of hydrogen-bond acceptors (Lipinski definition) is 7. The van der Waals surface area contributed by atoms with Crippen molar-refractivity contribution >= 4 is 21.6 Å². The normalized spacial score (nSPS) is 15.9. The average Bonchev–Trinajstić information content (AvgIpc) is 3.18. The van der Waals surface area contributed by atoms with Crippen LogP contribution in [0.15, 0.2) is 17.3 Å². The molecule has 0 radical (unpaired) electrons. The molecule has 3 rings (SSSR count). The fourth-order valence-electron chi connectivity index (χ4n) is 2.91. The van der Waals surface area contributed by atoms with Crippen LogP contribution >= 0.6 is 0 Å². The van der Waals surface area contributed by atoms with Crippen molar-refractivity contribution in [3.63, 3.8) is 0 Å². The summed E-state index contributed by atoms with van der Waals surface area (Å²) in [7, 11) is -0.571. The van der Waals surface area contributed by atoms with Crippen molar-refractivity contribution in [2.75, 3.05) is 26.2 Å². The van der Waals surface area contributed by atoms with Crippen molar-refractivity contribution < 1.29 is 18.1 Å². The smallest absolute Gasteiger partial charge is 0.320 e. The minimum absolute atomic E-state index is 0.0863. The highest BCUT2D eigenvalue weighted by Crippen LogP contribution is 2.22. The molecule has 13 heteroatoms. The van der Waals surface area contributed by atoms with Crippen LogP contribution in [0.5, 0.6) is 0 Å². The minimum atomic E-state index is -3.72. The quantitative estimate of drug-likeness (QED) is 0.502. The third kappa shape index (κ3) is 3.30. The molecule has 0 atom stereocenters. The molecule has 1 saturated heterocycles. The molecular formula is C14H19N7O5S. The zero-order valence-electron chi connectivity index (χ0n) is 15.1. The van der Waals surface area contributed by atoms with E-state index in [2.05, 4.69) is 10.2 Å². The van der Waals surface area contributed by atoms with Gasteiger partial charge in [0.05, 0.1) is 16.8 Å². The lowest BCUT2D eigenvalue weighted by Crippen LogP contribution is -2.50. The van der Waals surface area contributed by atoms with Gasteiger partial charge in [-0.15, -0.1) is 0 Å². The van der Waals surface area contributed by atoms with Gasteiger partial charge in [-0.3, -0.25) is 24.3 Å². The van der Waals surface area contributed by atoms with Crippen LogP contribution in [0.4, 0.5) is 5.69 Å². The van der Waals surface area contributed by atoms with Gasteiger partial charge in [0, 0.05) is 40.3 Å². The van der Waals surface area contributed by atoms with E-state index in [4.69, 9.17) is 0 Å². The summed E-state index contributed by atoms with van der Waals surface area (Å²) in [5.41, 5.74) is -0.0944. The number of nitro groups is 1. The predicted molar refractivity (Wildman–Crippen MR) is 92.5 cm³/mol. The molecule has 0 spiro atoms. The van der Waals surface area contributed by atoms with Crippen LogP contribution in [0, 0.1) is 17.0 Å². The number of carbonyl (C=O) groups is 1. The highest BCUT2D eigenvalue weighted by Gasteiger charge is 2.35. The molecule has 1 amide bonds. The number of piperazine rings is 1. The van der Waals surface area contributed by atoms with Crippen LogP contribution in [-0.2, 0) is 24.1 Å². The van der Waals surface area contributed by atoms with E-state index in [-0.39, 0.29) is 42.5 Å². The van der Waals surface area contributed by atoms with Crippen LogP contribution in [0.2, 0.25) is 0 Å². The van der Waals surface area contributed by atoms with Crippen LogP contribution in [-0.4, -0.2) is 74.2 Å². The second kappa shape index (κ2) is 6.74. The number of aryl methyl sites for hydroxylation is 2. The van der Waals surface area contributed by atoms with E-state index in [0.29, 0.717) is 5.69 Å². The Morgan fingerprint density at radius 3 is 2.37 bits per heavy atom. The zero-order chi connectivity index (χ0) is 19.9. The van der Waals surface area contributed by atoms with Crippen molar-refractivity contribution in [2.24, 2.45) is 14.1 Å². The van der Waals surface area contributed by atoms with E-state index in [1.807, 2.05) is 0 Å². The van der Waals surface area contributed by atoms with Crippen LogP contribution in [0.3, 0.4) is 0 Å². The molecular weight excluding hydrogens is 378 g/mol. The summed E-state index contributed by atoms with van der Waals surface area (Å²) in [6, 6.07) is 0. The molecule has 27 heavy (non-hydrogen) atoms. The number of rotatable bonds is 4. The first-order valence-electron chi connectivity index (χ1n) is 8.09. The topological polar surface area (TPSA) is 136 Å². The van der Waals surface area contributed by atoms with Crippen LogP contribution in [0.1, 0.15) is 16.2 Å². The first-order chi connectivity index (χ1) is 12.6. The van der Waals surface area contributed by atoms with Gasteiger partial charge in [0.25, 0.3) is 5.91 Å². The Bertz CT molecular complexity index is 1000. The maximum absolute atomic E-state index is 12.8. The molecule has 12 nitrogen and oxygen atoms in total. The van der Waals surface area contributed by atoms with E-state index in [1.165, 1.54) is 38.0 Å². The van der Waals surface area contributed by atoms with Crippen molar-refractivity contribution in [3.05, 3.63) is 33.9 Å². The number of nitrogens with zero attached hydrogens (tertiary/aromatic N) is 7. The third-order valence-corrected chi connectivity index (χ3v) is 6.54. The van der Waals surface area contributed by atoms with Gasteiger partial charge in [-0.05, 0) is 6.92 Å². The van der Waals surface area contributed by atoms with Gasteiger partial charge in [0.15, 0.2) is 0 Å². The Morgan fingerprint density at radius 2 is 1.85 bits per heavy atom. The Balaban J connectivity index is 1.75. The summed E-state index contributed by atoms with van der Waals surface area (Å²) in [6.07, 6.45) is 2.47. The van der Waals surface area contributed by atoms with Gasteiger partial charge < -0.3 is 4.90 Å². The second-order valence-corrected chi connectivity index (χ2v) is 8.11. The predicted octanol–water partition coefficient (Wildman–Crippen LogP) is -0.483. The highest BCUT2D eigenvalue weighted by molar-refractivity contribution is 7.89. The molecule has 0 N–H and O–H groups in total.